The van der Waals surface area contributed by atoms with E-state index in [1.165, 1.54) is 40.8 Å². The number of aromatic nitrogens is 1. The van der Waals surface area contributed by atoms with Crippen LogP contribution in [0.5, 0.6) is 0 Å². The summed E-state index contributed by atoms with van der Waals surface area (Å²) in [5.41, 5.74) is 6.69. The van der Waals surface area contributed by atoms with Crippen LogP contribution in [-0.4, -0.2) is 65.1 Å². The van der Waals surface area contributed by atoms with Gasteiger partial charge in [0.2, 0.25) is 0 Å². The number of carbonyl (C=O) groups excluding carboxylic acids is 1. The fourth-order valence-corrected chi connectivity index (χ4v) is 22.0. The predicted octanol–water partition coefficient (Wildman–Crippen LogP) is 22.9. The maximum atomic E-state index is 10.9. The second-order valence-electron chi connectivity index (χ2n) is 19.7. The Morgan fingerprint density at radius 3 is 1.23 bits per heavy atom. The summed E-state index contributed by atoms with van der Waals surface area (Å²) in [6.45, 7) is 29.8. The van der Waals surface area contributed by atoms with E-state index in [0.29, 0.717) is 62.4 Å². The van der Waals surface area contributed by atoms with Crippen molar-refractivity contribution in [2.24, 2.45) is 41.4 Å². The van der Waals surface area contributed by atoms with Gasteiger partial charge in [-0.2, -0.15) is 0 Å². The molecule has 3 heterocycles. The molecule has 2 aromatic heterocycles. The number of hydrogen-bond donors (Lipinski definition) is 0. The van der Waals surface area contributed by atoms with Gasteiger partial charge in [-0.05, 0) is 126 Å². The third kappa shape index (κ3) is 31.9. The fraction of sp³-hybridized carbons (Fsp3) is 0.593. The van der Waals surface area contributed by atoms with Gasteiger partial charge >= 0.3 is 5.97 Å². The van der Waals surface area contributed by atoms with Crippen molar-refractivity contribution >= 4 is 135 Å². The molecule has 16 heteroatoms. The first-order valence-corrected chi connectivity index (χ1v) is 41.6. The third-order valence-corrected chi connectivity index (χ3v) is 26.7. The van der Waals surface area contributed by atoms with Crippen LogP contribution in [0.25, 0.3) is 0 Å². The SMILES string of the molecule is CCSSC(c1ccccc1)C(C)C.CSSC(C(C)C)C1CC1.CSSC(C1=CC(=O)OC1)C(C)C.CSSC(c1ccccc1)C(C)C.CSSC(c1ccncc1)C(C)C.CSSC(c1ccoc1)C(C)C. The largest absolute Gasteiger partial charge is 0.472 e. The van der Waals surface area contributed by atoms with Crippen LogP contribution in [0.15, 0.2) is 120 Å². The minimum absolute atomic E-state index is 0.192. The molecule has 75 heavy (non-hydrogen) atoms. The Bertz CT molecular complexity index is 1920. The molecule has 6 rings (SSSR count). The lowest BCUT2D eigenvalue weighted by molar-refractivity contribution is -0.134. The molecule has 0 spiro atoms. The molecule has 4 nitrogen and oxygen atoms in total. The number of ether oxygens (including phenoxy) is 1. The number of rotatable bonds is 25. The first-order chi connectivity index (χ1) is 35.9. The zero-order chi connectivity index (χ0) is 56.1. The summed E-state index contributed by atoms with van der Waals surface area (Å²) in [4.78, 5) is 14.9. The number of cyclic esters (lactones) is 1. The number of nitrogens with zero attached hydrogens (tertiary/aromatic N) is 1. The quantitative estimate of drug-likeness (QED) is 0.0467. The molecule has 424 valence electrons. The third-order valence-electron chi connectivity index (χ3n) is 11.3. The summed E-state index contributed by atoms with van der Waals surface area (Å²) in [6.07, 6.45) is 22.5. The molecule has 2 aromatic carbocycles. The molecule has 0 amide bonds. The van der Waals surface area contributed by atoms with Crippen LogP contribution in [0.1, 0.15) is 146 Å². The lowest BCUT2D eigenvalue weighted by atomic mass is 10.0. The van der Waals surface area contributed by atoms with Gasteiger partial charge in [0.05, 0.1) is 12.5 Å². The average molecular weight is 1250 g/mol. The van der Waals surface area contributed by atoms with E-state index in [1.807, 2.05) is 122 Å². The number of benzene rings is 2. The molecular weight excluding hydrogens is 1160 g/mol. The van der Waals surface area contributed by atoms with Gasteiger partial charge in [0.1, 0.15) is 6.61 Å². The van der Waals surface area contributed by atoms with Crippen LogP contribution < -0.4 is 0 Å². The van der Waals surface area contributed by atoms with Gasteiger partial charge < -0.3 is 9.15 Å². The van der Waals surface area contributed by atoms with E-state index in [9.17, 15) is 4.79 Å². The summed E-state index contributed by atoms with van der Waals surface area (Å²) < 4.78 is 9.96. The van der Waals surface area contributed by atoms with Gasteiger partial charge in [-0.3, -0.25) is 4.98 Å². The molecule has 0 bridgehead atoms. The van der Waals surface area contributed by atoms with E-state index in [-0.39, 0.29) is 5.97 Å². The van der Waals surface area contributed by atoms with Crippen molar-refractivity contribution in [2.45, 2.75) is 134 Å². The number of hydrogen-bond acceptors (Lipinski definition) is 16. The average Bonchev–Trinajstić information content (AvgIpc) is 3.90. The molecule has 1 saturated carbocycles. The Morgan fingerprint density at radius 2 is 0.893 bits per heavy atom. The highest BCUT2D eigenvalue weighted by molar-refractivity contribution is 8.78. The molecular formula is C59H93NO3S12. The minimum Gasteiger partial charge on any atom is -0.472 e. The van der Waals surface area contributed by atoms with Crippen LogP contribution in [-0.2, 0) is 9.53 Å². The van der Waals surface area contributed by atoms with Crippen molar-refractivity contribution < 1.29 is 13.9 Å². The zero-order valence-electron chi connectivity index (χ0n) is 48.3. The second kappa shape index (κ2) is 44.9. The van der Waals surface area contributed by atoms with E-state index in [4.69, 9.17) is 9.15 Å². The fourth-order valence-electron chi connectivity index (χ4n) is 7.46. The molecule has 1 aliphatic carbocycles. The van der Waals surface area contributed by atoms with Crippen molar-refractivity contribution in [1.29, 1.82) is 0 Å². The van der Waals surface area contributed by atoms with Gasteiger partial charge in [-0.1, -0.05) is 280 Å². The van der Waals surface area contributed by atoms with Crippen molar-refractivity contribution in [1.82, 2.24) is 4.98 Å². The molecule has 0 N–H and O–H groups in total. The Kier molecular flexibility index (Phi) is 43.9. The normalized spacial score (nSPS) is 15.4. The summed E-state index contributed by atoms with van der Waals surface area (Å²) in [5, 5.41) is 3.71. The van der Waals surface area contributed by atoms with Crippen LogP contribution in [0, 0.1) is 41.4 Å². The van der Waals surface area contributed by atoms with E-state index in [2.05, 4.69) is 210 Å². The molecule has 2 aliphatic rings. The van der Waals surface area contributed by atoms with Gasteiger partial charge in [0.15, 0.2) is 0 Å². The second-order valence-corrected chi connectivity index (χ2v) is 35.6. The smallest absolute Gasteiger partial charge is 0.331 e. The lowest BCUT2D eigenvalue weighted by Crippen LogP contribution is -2.14. The van der Waals surface area contributed by atoms with Gasteiger partial charge in [-0.15, -0.1) is 0 Å². The number of carbonyl (C=O) groups is 1. The Balaban J connectivity index is 0.000000451. The summed E-state index contributed by atoms with van der Waals surface area (Å²) >= 11 is 0. The highest BCUT2D eigenvalue weighted by Crippen LogP contribution is 2.47. The van der Waals surface area contributed by atoms with Crippen LogP contribution >= 0.6 is 130 Å². The van der Waals surface area contributed by atoms with E-state index >= 15 is 0 Å². The Hall–Kier alpha value is 0.280. The van der Waals surface area contributed by atoms with Crippen LogP contribution in [0.4, 0.5) is 0 Å². The molecule has 0 radical (unpaired) electrons. The van der Waals surface area contributed by atoms with E-state index < -0.39 is 0 Å². The summed E-state index contributed by atoms with van der Waals surface area (Å²) in [7, 11) is 22.8. The molecule has 0 saturated heterocycles. The monoisotopic (exact) mass is 1250 g/mol. The summed E-state index contributed by atoms with van der Waals surface area (Å²) in [5.74, 6) is 6.16. The molecule has 1 fully saturated rings. The molecule has 4 aromatic rings. The Labute approximate surface area is 506 Å². The van der Waals surface area contributed by atoms with Gasteiger partial charge in [-0.25, -0.2) is 4.79 Å². The van der Waals surface area contributed by atoms with Crippen molar-refractivity contribution in [3.05, 3.63) is 138 Å². The first-order valence-electron chi connectivity index (χ1n) is 26.1. The number of furan rings is 1. The summed E-state index contributed by atoms with van der Waals surface area (Å²) in [6, 6.07) is 27.8. The standard InChI is InChI=1S/C12H18S2.C11H16S2.C10H15NS2.C9H14O2S2.C9H14OS2.C8H16S2/c1-4-13-14-12(10(2)3)11-8-6-5-7-9-11;1-9(2)11(13-12-3)10-7-5-4-6-8-10;1-8(2)10(13-12-3)9-4-6-11-7-5-9;1-6(2)9(13-12-3)7-4-8(10)11-5-7;1-7(2)9(12-11-3)8-4-5-10-6-8;1-6(2)8(10-9-3)7-4-5-7/h5-10,12H,4H2,1-3H3;4-9,11H,1-3H3;4-8,10H,1-3H3;4,6,9H,5H2,1-3H3;4-7,9H,1-3H3;6-8H,4-5H2,1-3H3. The zero-order valence-corrected chi connectivity index (χ0v) is 58.1. The van der Waals surface area contributed by atoms with Gasteiger partial charge in [0.25, 0.3) is 0 Å². The number of pyridine rings is 1. The maximum Gasteiger partial charge on any atom is 0.331 e. The van der Waals surface area contributed by atoms with Crippen LogP contribution in [0.3, 0.4) is 0 Å². The topological polar surface area (TPSA) is 52.3 Å². The molecule has 6 unspecified atom stereocenters. The highest BCUT2D eigenvalue weighted by Gasteiger charge is 2.33. The lowest BCUT2D eigenvalue weighted by Gasteiger charge is -2.19. The minimum atomic E-state index is -0.192. The van der Waals surface area contributed by atoms with Crippen molar-refractivity contribution in [3.8, 4) is 0 Å². The highest BCUT2D eigenvalue weighted by atomic mass is 33.1. The van der Waals surface area contributed by atoms with E-state index in [1.54, 1.807) is 33.9 Å². The first kappa shape index (κ1) is 73.3. The predicted molar refractivity (Wildman–Crippen MR) is 366 cm³/mol. The molecule has 6 atom stereocenters. The van der Waals surface area contributed by atoms with Crippen molar-refractivity contribution in [3.63, 3.8) is 0 Å². The molecule has 1 aliphatic heterocycles. The van der Waals surface area contributed by atoms with Crippen LogP contribution in [0.2, 0.25) is 0 Å². The Morgan fingerprint density at radius 1 is 0.493 bits per heavy atom. The van der Waals surface area contributed by atoms with E-state index in [0.717, 1.165) is 22.7 Å². The maximum absolute atomic E-state index is 10.9. The van der Waals surface area contributed by atoms with Crippen molar-refractivity contribution in [2.75, 3.05) is 43.6 Å². The number of esters is 1. The van der Waals surface area contributed by atoms with Gasteiger partial charge in [0, 0.05) is 61.3 Å².